The van der Waals surface area contributed by atoms with Gasteiger partial charge in [0.1, 0.15) is 11.6 Å². The van der Waals surface area contributed by atoms with Crippen molar-refractivity contribution in [3.63, 3.8) is 0 Å². The van der Waals surface area contributed by atoms with Gasteiger partial charge in [-0.05, 0) is 36.2 Å². The average Bonchev–Trinajstić information content (AvgIpc) is 1.96. The molecule has 0 aromatic heterocycles. The van der Waals surface area contributed by atoms with Crippen LogP contribution in [0.4, 0.5) is 8.78 Å². The summed E-state index contributed by atoms with van der Waals surface area (Å²) in [6, 6.07) is 1.77. The molecule has 64 valence electrons. The number of aryl methyl sites for hydroxylation is 1. The first-order valence-corrected chi connectivity index (χ1v) is 3.55. The van der Waals surface area contributed by atoms with E-state index in [1.165, 1.54) is 6.92 Å². The van der Waals surface area contributed by atoms with Gasteiger partial charge in [0.25, 0.3) is 5.24 Å². The number of benzene rings is 1. The van der Waals surface area contributed by atoms with Crippen LogP contribution in [0.1, 0.15) is 15.9 Å². The van der Waals surface area contributed by atoms with Gasteiger partial charge in [-0.25, -0.2) is 8.78 Å². The minimum atomic E-state index is -0.991. The maximum absolute atomic E-state index is 13.0. The van der Waals surface area contributed by atoms with E-state index in [9.17, 15) is 13.6 Å². The maximum atomic E-state index is 13.0. The Labute approximate surface area is 73.0 Å². The summed E-state index contributed by atoms with van der Waals surface area (Å²) in [5, 5.41) is -0.991. The molecule has 0 radical (unpaired) electrons. The molecule has 4 heteroatoms. The molecule has 12 heavy (non-hydrogen) atoms. The highest BCUT2D eigenvalue weighted by molar-refractivity contribution is 6.67. The highest BCUT2D eigenvalue weighted by Gasteiger charge is 2.12. The van der Waals surface area contributed by atoms with E-state index in [1.807, 2.05) is 0 Å². The average molecular weight is 191 g/mol. The molecule has 0 unspecified atom stereocenters. The topological polar surface area (TPSA) is 17.1 Å². The van der Waals surface area contributed by atoms with E-state index in [4.69, 9.17) is 11.6 Å². The molecule has 0 N–H and O–H groups in total. The highest BCUT2D eigenvalue weighted by Crippen LogP contribution is 2.16. The second kappa shape index (κ2) is 3.19. The van der Waals surface area contributed by atoms with Crippen molar-refractivity contribution in [1.29, 1.82) is 0 Å². The highest BCUT2D eigenvalue weighted by atomic mass is 35.5. The van der Waals surface area contributed by atoms with E-state index >= 15 is 0 Å². The van der Waals surface area contributed by atoms with Crippen LogP contribution in [0.5, 0.6) is 0 Å². The van der Waals surface area contributed by atoms with Crippen LogP contribution in [0.25, 0.3) is 0 Å². The summed E-state index contributed by atoms with van der Waals surface area (Å²) >= 11 is 5.01. The van der Waals surface area contributed by atoms with Crippen LogP contribution < -0.4 is 0 Å². The van der Waals surface area contributed by atoms with Crippen molar-refractivity contribution in [2.75, 3.05) is 0 Å². The lowest BCUT2D eigenvalue weighted by atomic mass is 10.1. The first-order valence-electron chi connectivity index (χ1n) is 3.18. The molecular formula is C8H5ClF2O. The number of hydrogen-bond acceptors (Lipinski definition) is 1. The molecule has 0 heterocycles. The van der Waals surface area contributed by atoms with E-state index in [2.05, 4.69) is 0 Å². The van der Waals surface area contributed by atoms with E-state index in [0.29, 0.717) is 0 Å². The lowest BCUT2D eigenvalue weighted by Gasteiger charge is -2.00. The summed E-state index contributed by atoms with van der Waals surface area (Å²) < 4.78 is 25.6. The first kappa shape index (κ1) is 9.13. The van der Waals surface area contributed by atoms with Gasteiger partial charge in [0.05, 0.1) is 5.56 Å². The molecule has 0 aliphatic heterocycles. The molecule has 0 spiro atoms. The quantitative estimate of drug-likeness (QED) is 0.623. The van der Waals surface area contributed by atoms with Gasteiger partial charge in [-0.2, -0.15) is 0 Å². The van der Waals surface area contributed by atoms with Crippen LogP contribution in [0, 0.1) is 18.6 Å². The third-order valence-electron chi connectivity index (χ3n) is 1.43. The van der Waals surface area contributed by atoms with E-state index in [0.717, 1.165) is 12.1 Å². The summed E-state index contributed by atoms with van der Waals surface area (Å²) in [6.07, 6.45) is 0. The van der Waals surface area contributed by atoms with Gasteiger partial charge >= 0.3 is 0 Å². The standard InChI is InChI=1S/C8H5ClF2O/c1-4-2-5(10)3-6(7(4)11)8(9)12/h2-3H,1H3. The summed E-state index contributed by atoms with van der Waals surface area (Å²) in [5.74, 6) is -1.44. The fourth-order valence-corrected chi connectivity index (χ4v) is 1.01. The molecule has 0 aliphatic rings. The van der Waals surface area contributed by atoms with Crippen molar-refractivity contribution in [3.05, 3.63) is 34.9 Å². The summed E-state index contributed by atoms with van der Waals surface area (Å²) in [4.78, 5) is 10.5. The Morgan fingerprint density at radius 3 is 2.50 bits per heavy atom. The zero-order valence-corrected chi connectivity index (χ0v) is 6.95. The maximum Gasteiger partial charge on any atom is 0.255 e. The van der Waals surface area contributed by atoms with Crippen LogP contribution in [-0.4, -0.2) is 5.24 Å². The second-order valence-electron chi connectivity index (χ2n) is 2.36. The molecule has 1 aromatic carbocycles. The Morgan fingerprint density at radius 1 is 1.42 bits per heavy atom. The van der Waals surface area contributed by atoms with Crippen molar-refractivity contribution >= 4 is 16.8 Å². The minimum absolute atomic E-state index is 0.0685. The smallest absolute Gasteiger partial charge is 0.255 e. The number of halogens is 3. The molecule has 1 nitrogen and oxygen atoms in total. The fraction of sp³-hybridized carbons (Fsp3) is 0.125. The van der Waals surface area contributed by atoms with Crippen LogP contribution in [0.2, 0.25) is 0 Å². The molecule has 0 saturated heterocycles. The Bertz CT molecular complexity index is 336. The van der Waals surface area contributed by atoms with Crippen LogP contribution in [-0.2, 0) is 0 Å². The number of rotatable bonds is 1. The van der Waals surface area contributed by atoms with Crippen LogP contribution in [0.3, 0.4) is 0 Å². The third-order valence-corrected chi connectivity index (χ3v) is 1.63. The number of carbonyl (C=O) groups is 1. The van der Waals surface area contributed by atoms with Crippen LogP contribution in [0.15, 0.2) is 12.1 Å². The zero-order chi connectivity index (χ0) is 9.30. The van der Waals surface area contributed by atoms with Gasteiger partial charge in [0.2, 0.25) is 0 Å². The van der Waals surface area contributed by atoms with Crippen molar-refractivity contribution in [2.24, 2.45) is 0 Å². The molecule has 0 amide bonds. The van der Waals surface area contributed by atoms with Gasteiger partial charge in [-0.1, -0.05) is 0 Å². The molecule has 0 saturated carbocycles. The Kier molecular flexibility index (Phi) is 2.43. The lowest BCUT2D eigenvalue weighted by Crippen LogP contribution is -1.98. The summed E-state index contributed by atoms with van der Waals surface area (Å²) in [5.41, 5.74) is -0.354. The van der Waals surface area contributed by atoms with Crippen molar-refractivity contribution in [3.8, 4) is 0 Å². The van der Waals surface area contributed by atoms with E-state index < -0.39 is 22.4 Å². The van der Waals surface area contributed by atoms with E-state index in [1.54, 1.807) is 0 Å². The van der Waals surface area contributed by atoms with Gasteiger partial charge in [-0.3, -0.25) is 4.79 Å². The fourth-order valence-electron chi connectivity index (χ4n) is 0.869. The largest absolute Gasteiger partial charge is 0.275 e. The monoisotopic (exact) mass is 190 g/mol. The molecule has 0 fully saturated rings. The Morgan fingerprint density at radius 2 is 2.00 bits per heavy atom. The van der Waals surface area contributed by atoms with Crippen molar-refractivity contribution in [2.45, 2.75) is 6.92 Å². The molecule has 0 aliphatic carbocycles. The molecule has 0 bridgehead atoms. The number of carbonyl (C=O) groups excluding carboxylic acids is 1. The minimum Gasteiger partial charge on any atom is -0.275 e. The summed E-state index contributed by atoms with van der Waals surface area (Å²) in [6.45, 7) is 1.36. The molecular weight excluding hydrogens is 186 g/mol. The summed E-state index contributed by atoms with van der Waals surface area (Å²) in [7, 11) is 0. The second-order valence-corrected chi connectivity index (χ2v) is 2.70. The first-order chi connectivity index (χ1) is 5.52. The van der Waals surface area contributed by atoms with Gasteiger partial charge in [0.15, 0.2) is 0 Å². The Balaban J connectivity index is 3.37. The predicted molar refractivity (Wildman–Crippen MR) is 41.3 cm³/mol. The van der Waals surface area contributed by atoms with Gasteiger partial charge in [0, 0.05) is 0 Å². The van der Waals surface area contributed by atoms with Gasteiger partial charge < -0.3 is 0 Å². The predicted octanol–water partition coefficient (Wildman–Crippen LogP) is 2.65. The zero-order valence-electron chi connectivity index (χ0n) is 6.20. The molecule has 1 rings (SSSR count). The van der Waals surface area contributed by atoms with E-state index in [-0.39, 0.29) is 5.56 Å². The third kappa shape index (κ3) is 1.61. The molecule has 1 aromatic rings. The van der Waals surface area contributed by atoms with Crippen molar-refractivity contribution in [1.82, 2.24) is 0 Å². The van der Waals surface area contributed by atoms with Gasteiger partial charge in [-0.15, -0.1) is 0 Å². The van der Waals surface area contributed by atoms with Crippen LogP contribution >= 0.6 is 11.6 Å². The Hall–Kier alpha value is -0.960. The SMILES string of the molecule is Cc1cc(F)cc(C(=O)Cl)c1F. The lowest BCUT2D eigenvalue weighted by molar-refractivity contribution is 0.107. The normalized spacial score (nSPS) is 10.0. The molecule has 0 atom stereocenters. The number of hydrogen-bond donors (Lipinski definition) is 0. The van der Waals surface area contributed by atoms with Crippen molar-refractivity contribution < 1.29 is 13.6 Å².